The number of hydrogen-bond donors (Lipinski definition) is 2. The van der Waals surface area contributed by atoms with Gasteiger partial charge in [0.15, 0.2) is 0 Å². The van der Waals surface area contributed by atoms with E-state index in [1.165, 1.54) is 12.8 Å². The molecule has 1 amide bonds. The van der Waals surface area contributed by atoms with E-state index in [0.717, 1.165) is 51.5 Å². The van der Waals surface area contributed by atoms with Crippen LogP contribution in [0.3, 0.4) is 0 Å². The third-order valence-corrected chi connectivity index (χ3v) is 5.67. The molecule has 2 aliphatic heterocycles. The van der Waals surface area contributed by atoms with E-state index in [-0.39, 0.29) is 12.0 Å². The molecule has 3 aliphatic rings. The van der Waals surface area contributed by atoms with E-state index in [4.69, 9.17) is 5.73 Å². The van der Waals surface area contributed by atoms with Gasteiger partial charge in [-0.15, -0.1) is 0 Å². The molecule has 0 aromatic rings. The van der Waals surface area contributed by atoms with E-state index < -0.39 is 0 Å². The van der Waals surface area contributed by atoms with Gasteiger partial charge in [-0.25, -0.2) is 0 Å². The SMILES string of the molecule is NCCC1CCCC(C(=O)N2C3CCC2CC(O)C3)C1. The van der Waals surface area contributed by atoms with Crippen molar-refractivity contribution in [2.24, 2.45) is 17.6 Å². The lowest BCUT2D eigenvalue weighted by atomic mass is 9.78. The zero-order chi connectivity index (χ0) is 14.1. The lowest BCUT2D eigenvalue weighted by Crippen LogP contribution is -2.50. The van der Waals surface area contributed by atoms with Crippen LogP contribution in [0, 0.1) is 11.8 Å². The van der Waals surface area contributed by atoms with Gasteiger partial charge in [0.1, 0.15) is 0 Å². The average Bonchev–Trinajstić information content (AvgIpc) is 2.71. The number of rotatable bonds is 3. The largest absolute Gasteiger partial charge is 0.393 e. The van der Waals surface area contributed by atoms with Crippen LogP contribution in [0.25, 0.3) is 0 Å². The Labute approximate surface area is 121 Å². The highest BCUT2D eigenvalue weighted by Crippen LogP contribution is 2.39. The monoisotopic (exact) mass is 280 g/mol. The van der Waals surface area contributed by atoms with Gasteiger partial charge in [-0.3, -0.25) is 4.79 Å². The second kappa shape index (κ2) is 6.02. The van der Waals surface area contributed by atoms with E-state index in [0.29, 0.717) is 23.9 Å². The summed E-state index contributed by atoms with van der Waals surface area (Å²) in [5.41, 5.74) is 5.67. The number of nitrogens with two attached hydrogens (primary N) is 1. The molecule has 2 saturated heterocycles. The van der Waals surface area contributed by atoms with Crippen LogP contribution in [0.5, 0.6) is 0 Å². The molecule has 4 heteroatoms. The lowest BCUT2D eigenvalue weighted by molar-refractivity contribution is -0.143. The molecule has 2 bridgehead atoms. The molecule has 4 unspecified atom stereocenters. The Morgan fingerprint density at radius 1 is 1.10 bits per heavy atom. The van der Waals surface area contributed by atoms with Gasteiger partial charge in [-0.2, -0.15) is 0 Å². The molecule has 3 N–H and O–H groups in total. The van der Waals surface area contributed by atoms with Crippen LogP contribution < -0.4 is 5.73 Å². The van der Waals surface area contributed by atoms with Crippen molar-refractivity contribution in [3.63, 3.8) is 0 Å². The molecular formula is C16H28N2O2. The molecule has 114 valence electrons. The number of carbonyl (C=O) groups is 1. The molecule has 4 atom stereocenters. The molecule has 2 heterocycles. The summed E-state index contributed by atoms with van der Waals surface area (Å²) < 4.78 is 0. The van der Waals surface area contributed by atoms with E-state index in [1.807, 2.05) is 0 Å². The van der Waals surface area contributed by atoms with Gasteiger partial charge >= 0.3 is 0 Å². The second-order valence-electron chi connectivity index (χ2n) is 7.06. The van der Waals surface area contributed by atoms with Gasteiger partial charge in [0.05, 0.1) is 6.10 Å². The van der Waals surface area contributed by atoms with Gasteiger partial charge in [-0.1, -0.05) is 12.8 Å². The smallest absolute Gasteiger partial charge is 0.226 e. The predicted octanol–water partition coefficient (Wildman–Crippen LogP) is 1.66. The summed E-state index contributed by atoms with van der Waals surface area (Å²) in [6.45, 7) is 0.743. The average molecular weight is 280 g/mol. The number of hydrogen-bond acceptors (Lipinski definition) is 3. The first-order chi connectivity index (χ1) is 9.69. The van der Waals surface area contributed by atoms with Crippen molar-refractivity contribution in [1.82, 2.24) is 4.90 Å². The molecule has 4 nitrogen and oxygen atoms in total. The lowest BCUT2D eigenvalue weighted by Gasteiger charge is -2.40. The van der Waals surface area contributed by atoms with Gasteiger partial charge < -0.3 is 15.7 Å². The van der Waals surface area contributed by atoms with Crippen LogP contribution in [0.4, 0.5) is 0 Å². The van der Waals surface area contributed by atoms with Crippen molar-refractivity contribution in [3.05, 3.63) is 0 Å². The van der Waals surface area contributed by atoms with Crippen LogP contribution in [-0.4, -0.2) is 40.6 Å². The summed E-state index contributed by atoms with van der Waals surface area (Å²) in [6, 6.07) is 0.622. The van der Waals surface area contributed by atoms with Crippen LogP contribution in [0.2, 0.25) is 0 Å². The first kappa shape index (κ1) is 14.3. The molecule has 3 rings (SSSR count). The Morgan fingerprint density at radius 3 is 2.45 bits per heavy atom. The molecule has 1 saturated carbocycles. The van der Waals surface area contributed by atoms with Crippen molar-refractivity contribution in [2.75, 3.05) is 6.54 Å². The standard InChI is InChI=1S/C16H28N2O2/c17-7-6-11-2-1-3-12(8-11)16(20)18-13-4-5-14(18)10-15(19)9-13/h11-15,19H,1-10,17H2. The zero-order valence-corrected chi connectivity index (χ0v) is 12.3. The summed E-state index contributed by atoms with van der Waals surface area (Å²) in [6.07, 6.45) is 9.15. The maximum atomic E-state index is 12.9. The van der Waals surface area contributed by atoms with E-state index >= 15 is 0 Å². The Balaban J connectivity index is 1.64. The Kier molecular flexibility index (Phi) is 4.32. The minimum Gasteiger partial charge on any atom is -0.393 e. The van der Waals surface area contributed by atoms with Gasteiger partial charge in [0.2, 0.25) is 5.91 Å². The van der Waals surface area contributed by atoms with Crippen molar-refractivity contribution in [2.45, 2.75) is 76.0 Å². The van der Waals surface area contributed by atoms with Crippen LogP contribution in [-0.2, 0) is 4.79 Å². The highest BCUT2D eigenvalue weighted by Gasteiger charge is 2.44. The Bertz CT molecular complexity index is 344. The summed E-state index contributed by atoms with van der Waals surface area (Å²) in [7, 11) is 0. The summed E-state index contributed by atoms with van der Waals surface area (Å²) in [5.74, 6) is 1.25. The molecule has 3 fully saturated rings. The number of fused-ring (bicyclic) bond motifs is 2. The minimum atomic E-state index is -0.187. The predicted molar refractivity (Wildman–Crippen MR) is 78.0 cm³/mol. The van der Waals surface area contributed by atoms with Crippen LogP contribution in [0.1, 0.15) is 57.8 Å². The van der Waals surface area contributed by atoms with E-state index in [1.54, 1.807) is 0 Å². The van der Waals surface area contributed by atoms with Gasteiger partial charge in [-0.05, 0) is 57.4 Å². The fourth-order valence-corrected chi connectivity index (χ4v) is 4.73. The van der Waals surface area contributed by atoms with E-state index in [9.17, 15) is 9.90 Å². The molecule has 0 radical (unpaired) electrons. The first-order valence-corrected chi connectivity index (χ1v) is 8.39. The number of amides is 1. The molecule has 0 aromatic carbocycles. The quantitative estimate of drug-likeness (QED) is 0.826. The van der Waals surface area contributed by atoms with Crippen LogP contribution >= 0.6 is 0 Å². The second-order valence-corrected chi connectivity index (χ2v) is 7.06. The minimum absolute atomic E-state index is 0.187. The number of carbonyl (C=O) groups excluding carboxylic acids is 1. The highest BCUT2D eigenvalue weighted by atomic mass is 16.3. The number of aliphatic hydroxyl groups is 1. The molecular weight excluding hydrogens is 252 g/mol. The van der Waals surface area contributed by atoms with Gasteiger partial charge in [0, 0.05) is 18.0 Å². The molecule has 20 heavy (non-hydrogen) atoms. The fraction of sp³-hybridized carbons (Fsp3) is 0.938. The maximum Gasteiger partial charge on any atom is 0.226 e. The van der Waals surface area contributed by atoms with E-state index in [2.05, 4.69) is 4.90 Å². The fourth-order valence-electron chi connectivity index (χ4n) is 4.73. The number of piperidine rings is 1. The summed E-state index contributed by atoms with van der Waals surface area (Å²) in [4.78, 5) is 15.0. The zero-order valence-electron chi connectivity index (χ0n) is 12.3. The van der Waals surface area contributed by atoms with Crippen molar-refractivity contribution >= 4 is 5.91 Å². The van der Waals surface area contributed by atoms with Crippen molar-refractivity contribution in [3.8, 4) is 0 Å². The molecule has 0 aromatic heterocycles. The number of aliphatic hydroxyl groups excluding tert-OH is 1. The normalized spacial score (nSPS) is 40.9. The molecule has 1 aliphatic carbocycles. The maximum absolute atomic E-state index is 12.9. The first-order valence-electron chi connectivity index (χ1n) is 8.39. The number of nitrogens with zero attached hydrogens (tertiary/aromatic N) is 1. The Hall–Kier alpha value is -0.610. The van der Waals surface area contributed by atoms with Crippen molar-refractivity contribution in [1.29, 1.82) is 0 Å². The topological polar surface area (TPSA) is 66.6 Å². The third-order valence-electron chi connectivity index (χ3n) is 5.67. The Morgan fingerprint density at radius 2 is 1.80 bits per heavy atom. The van der Waals surface area contributed by atoms with Crippen LogP contribution in [0.15, 0.2) is 0 Å². The van der Waals surface area contributed by atoms with Crippen molar-refractivity contribution < 1.29 is 9.90 Å². The highest BCUT2D eigenvalue weighted by molar-refractivity contribution is 5.80. The molecule has 0 spiro atoms. The summed E-state index contributed by atoms with van der Waals surface area (Å²) >= 11 is 0. The van der Waals surface area contributed by atoms with Gasteiger partial charge in [0.25, 0.3) is 0 Å². The summed E-state index contributed by atoms with van der Waals surface area (Å²) in [5, 5.41) is 9.86. The third kappa shape index (κ3) is 2.73.